The molecule has 0 spiro atoms. The zero-order valence-electron chi connectivity index (χ0n) is 17.4. The van der Waals surface area contributed by atoms with Crippen molar-refractivity contribution in [2.75, 3.05) is 22.1 Å². The molecule has 1 aromatic heterocycles. The van der Waals surface area contributed by atoms with Crippen LogP contribution in [-0.2, 0) is 4.79 Å². The number of aryl methyl sites for hydroxylation is 3. The van der Waals surface area contributed by atoms with Crippen molar-refractivity contribution < 1.29 is 9.59 Å². The van der Waals surface area contributed by atoms with Crippen molar-refractivity contribution in [2.24, 2.45) is 0 Å². The molecule has 0 radical (unpaired) electrons. The topological polar surface area (TPSA) is 130 Å². The summed E-state index contributed by atoms with van der Waals surface area (Å²) in [5.41, 5.74) is 9.29. The van der Waals surface area contributed by atoms with Crippen LogP contribution in [0, 0.1) is 20.8 Å². The summed E-state index contributed by atoms with van der Waals surface area (Å²) in [5, 5.41) is 5.52. The lowest BCUT2D eigenvalue weighted by atomic mass is 10.1. The Morgan fingerprint density at radius 1 is 1.03 bits per heavy atom. The number of aromatic nitrogens is 2. The van der Waals surface area contributed by atoms with Crippen LogP contribution in [0.3, 0.4) is 0 Å². The van der Waals surface area contributed by atoms with Crippen LogP contribution >= 0.6 is 11.8 Å². The first-order valence-electron chi connectivity index (χ1n) is 9.50. The third-order valence-corrected chi connectivity index (χ3v) is 5.36. The first-order valence-corrected chi connectivity index (χ1v) is 10.5. The third-order valence-electron chi connectivity index (χ3n) is 4.49. The number of nitrogens with zero attached hydrogens (tertiary/aromatic N) is 1. The van der Waals surface area contributed by atoms with Crippen LogP contribution in [0.5, 0.6) is 0 Å². The van der Waals surface area contributed by atoms with Gasteiger partial charge in [-0.1, -0.05) is 41.6 Å². The van der Waals surface area contributed by atoms with E-state index in [1.54, 1.807) is 24.3 Å². The lowest BCUT2D eigenvalue weighted by molar-refractivity contribution is -0.113. The number of carbonyl (C=O) groups excluding carboxylic acids is 2. The van der Waals surface area contributed by atoms with Crippen LogP contribution in [0.4, 0.5) is 17.2 Å². The first-order chi connectivity index (χ1) is 14.7. The number of rotatable bonds is 6. The van der Waals surface area contributed by atoms with Gasteiger partial charge in [0.25, 0.3) is 11.5 Å². The summed E-state index contributed by atoms with van der Waals surface area (Å²) >= 11 is 1.04. The van der Waals surface area contributed by atoms with E-state index in [1.807, 2.05) is 39.0 Å². The van der Waals surface area contributed by atoms with Gasteiger partial charge >= 0.3 is 0 Å². The molecule has 0 fully saturated rings. The molecule has 0 aliphatic heterocycles. The SMILES string of the molecule is Cc1ccc(C(=O)Nc2c(N)nc(SCC(=O)Nc3cc(C)ccc3C)[nH]c2=O)cc1. The van der Waals surface area contributed by atoms with E-state index in [9.17, 15) is 14.4 Å². The minimum Gasteiger partial charge on any atom is -0.382 e. The molecule has 160 valence electrons. The van der Waals surface area contributed by atoms with E-state index in [4.69, 9.17) is 5.73 Å². The molecule has 8 nitrogen and oxygen atoms in total. The monoisotopic (exact) mass is 437 g/mol. The molecule has 3 rings (SSSR count). The number of hydrogen-bond donors (Lipinski definition) is 4. The molecule has 0 aliphatic carbocycles. The summed E-state index contributed by atoms with van der Waals surface area (Å²) < 4.78 is 0. The van der Waals surface area contributed by atoms with Gasteiger partial charge in [-0.15, -0.1) is 0 Å². The maximum Gasteiger partial charge on any atom is 0.277 e. The van der Waals surface area contributed by atoms with Crippen LogP contribution < -0.4 is 21.9 Å². The average molecular weight is 438 g/mol. The van der Waals surface area contributed by atoms with E-state index in [0.29, 0.717) is 5.56 Å². The Hall–Kier alpha value is -3.59. The maximum atomic E-state index is 12.4. The van der Waals surface area contributed by atoms with Gasteiger partial charge in [0.2, 0.25) is 5.91 Å². The summed E-state index contributed by atoms with van der Waals surface area (Å²) in [6.45, 7) is 5.76. The summed E-state index contributed by atoms with van der Waals surface area (Å²) in [6, 6.07) is 12.7. The number of carbonyl (C=O) groups is 2. The highest BCUT2D eigenvalue weighted by molar-refractivity contribution is 7.99. The van der Waals surface area contributed by atoms with Crippen LogP contribution in [-0.4, -0.2) is 27.5 Å². The smallest absolute Gasteiger partial charge is 0.277 e. The van der Waals surface area contributed by atoms with Gasteiger partial charge in [-0.05, 0) is 50.1 Å². The number of anilines is 3. The van der Waals surface area contributed by atoms with E-state index in [1.165, 1.54) is 0 Å². The maximum absolute atomic E-state index is 12.4. The number of thioether (sulfide) groups is 1. The van der Waals surface area contributed by atoms with Gasteiger partial charge in [-0.3, -0.25) is 19.4 Å². The lowest BCUT2D eigenvalue weighted by Crippen LogP contribution is -2.23. The Morgan fingerprint density at radius 2 is 1.71 bits per heavy atom. The Balaban J connectivity index is 1.65. The van der Waals surface area contributed by atoms with Crippen molar-refractivity contribution in [3.05, 3.63) is 75.1 Å². The number of nitrogens with two attached hydrogens (primary N) is 1. The highest BCUT2D eigenvalue weighted by atomic mass is 32.2. The number of hydrogen-bond acceptors (Lipinski definition) is 6. The van der Waals surface area contributed by atoms with E-state index < -0.39 is 11.5 Å². The number of H-pyrrole nitrogens is 1. The van der Waals surface area contributed by atoms with Gasteiger partial charge in [0, 0.05) is 11.3 Å². The van der Waals surface area contributed by atoms with Gasteiger partial charge in [0.15, 0.2) is 11.0 Å². The zero-order chi connectivity index (χ0) is 22.5. The van der Waals surface area contributed by atoms with Crippen LogP contribution in [0.1, 0.15) is 27.0 Å². The molecule has 2 amide bonds. The first kappa shape index (κ1) is 22.1. The van der Waals surface area contributed by atoms with E-state index in [0.717, 1.165) is 34.1 Å². The second-order valence-corrected chi connectivity index (χ2v) is 8.07. The molecule has 0 aliphatic rings. The fourth-order valence-corrected chi connectivity index (χ4v) is 3.41. The molecule has 1 heterocycles. The fraction of sp³-hybridized carbons (Fsp3) is 0.182. The molecule has 5 N–H and O–H groups in total. The Labute approximate surface area is 183 Å². The van der Waals surface area contributed by atoms with Crippen molar-refractivity contribution in [3.63, 3.8) is 0 Å². The third kappa shape index (κ3) is 5.73. The Morgan fingerprint density at radius 3 is 2.39 bits per heavy atom. The van der Waals surface area contributed by atoms with Gasteiger partial charge < -0.3 is 16.4 Å². The number of nitrogen functional groups attached to an aromatic ring is 1. The molecule has 0 unspecified atom stereocenters. The van der Waals surface area contributed by atoms with E-state index in [-0.39, 0.29) is 28.3 Å². The molecule has 0 saturated carbocycles. The van der Waals surface area contributed by atoms with Gasteiger partial charge in [0.1, 0.15) is 5.69 Å². The normalized spacial score (nSPS) is 10.5. The second kappa shape index (κ2) is 9.48. The van der Waals surface area contributed by atoms with Crippen LogP contribution in [0.2, 0.25) is 0 Å². The molecular formula is C22H23N5O3S. The summed E-state index contributed by atoms with van der Waals surface area (Å²) in [7, 11) is 0. The largest absolute Gasteiger partial charge is 0.382 e. The van der Waals surface area contributed by atoms with Crippen LogP contribution in [0.15, 0.2) is 52.4 Å². The second-order valence-electron chi connectivity index (χ2n) is 7.11. The Kier molecular flexibility index (Phi) is 6.76. The minimum atomic E-state index is -0.592. The van der Waals surface area contributed by atoms with E-state index in [2.05, 4.69) is 20.6 Å². The molecule has 9 heteroatoms. The number of amides is 2. The summed E-state index contributed by atoms with van der Waals surface area (Å²) in [5.74, 6) is -0.796. The van der Waals surface area contributed by atoms with Crippen LogP contribution in [0.25, 0.3) is 0 Å². The van der Waals surface area contributed by atoms with Crippen molar-refractivity contribution in [2.45, 2.75) is 25.9 Å². The molecular weight excluding hydrogens is 414 g/mol. The standard InChI is InChI=1S/C22H23N5O3S/c1-12-5-8-15(9-6-12)20(29)25-18-19(23)26-22(27-21(18)30)31-11-17(28)24-16-10-13(2)4-7-14(16)3/h4-10H,11H2,1-3H3,(H,24,28)(H,25,29)(H3,23,26,27,30). The molecule has 3 aromatic rings. The summed E-state index contributed by atoms with van der Waals surface area (Å²) in [4.78, 5) is 43.7. The predicted molar refractivity (Wildman–Crippen MR) is 124 cm³/mol. The molecule has 0 atom stereocenters. The molecule has 0 saturated heterocycles. The number of nitrogens with one attached hydrogen (secondary N) is 3. The minimum absolute atomic E-state index is 0.0326. The van der Waals surface area contributed by atoms with Crippen molar-refractivity contribution in [1.29, 1.82) is 0 Å². The number of aromatic amines is 1. The van der Waals surface area contributed by atoms with E-state index >= 15 is 0 Å². The van der Waals surface area contributed by atoms with Crippen molar-refractivity contribution in [1.82, 2.24) is 9.97 Å². The van der Waals surface area contributed by atoms with Crippen molar-refractivity contribution >= 4 is 40.8 Å². The number of benzene rings is 2. The quantitative estimate of drug-likeness (QED) is 0.346. The van der Waals surface area contributed by atoms with Gasteiger partial charge in [-0.25, -0.2) is 4.98 Å². The Bertz CT molecular complexity index is 1190. The predicted octanol–water partition coefficient (Wildman–Crippen LogP) is 3.26. The molecule has 0 bridgehead atoms. The molecule has 2 aromatic carbocycles. The zero-order valence-corrected chi connectivity index (χ0v) is 18.2. The highest BCUT2D eigenvalue weighted by Crippen LogP contribution is 2.20. The average Bonchev–Trinajstić information content (AvgIpc) is 2.72. The fourth-order valence-electron chi connectivity index (χ4n) is 2.74. The van der Waals surface area contributed by atoms with Crippen molar-refractivity contribution in [3.8, 4) is 0 Å². The lowest BCUT2D eigenvalue weighted by Gasteiger charge is -2.10. The summed E-state index contributed by atoms with van der Waals surface area (Å²) in [6.07, 6.45) is 0. The van der Waals surface area contributed by atoms with Gasteiger partial charge in [0.05, 0.1) is 5.75 Å². The van der Waals surface area contributed by atoms with Gasteiger partial charge in [-0.2, -0.15) is 0 Å². The highest BCUT2D eigenvalue weighted by Gasteiger charge is 2.15. The molecule has 31 heavy (non-hydrogen) atoms.